The van der Waals surface area contributed by atoms with Gasteiger partial charge < -0.3 is 45.1 Å². The first-order chi connectivity index (χ1) is 43.2. The van der Waals surface area contributed by atoms with Gasteiger partial charge in [-0.25, -0.2) is 0 Å². The monoisotopic (exact) mass is 1220 g/mol. The second-order valence-corrected chi connectivity index (χ2v) is 23.1. The molecule has 0 bridgehead atoms. The molecule has 0 aliphatic carbocycles. The molecule has 0 spiro atoms. The van der Waals surface area contributed by atoms with Crippen molar-refractivity contribution in [2.24, 2.45) is 0 Å². The molecule has 1 aliphatic heterocycles. The van der Waals surface area contributed by atoms with Crippen molar-refractivity contribution in [3.05, 3.63) is 158 Å². The van der Waals surface area contributed by atoms with Gasteiger partial charge in [-0.15, -0.1) is 0 Å². The summed E-state index contributed by atoms with van der Waals surface area (Å²) in [5.74, 6) is -1.25. The van der Waals surface area contributed by atoms with Crippen molar-refractivity contribution in [2.75, 3.05) is 13.2 Å². The van der Waals surface area contributed by atoms with E-state index < -0.39 is 67.4 Å². The number of unbranched alkanes of at least 4 members (excludes halogenated alkanes) is 19. The van der Waals surface area contributed by atoms with Gasteiger partial charge in [-0.05, 0) is 128 Å². The lowest BCUT2D eigenvalue weighted by Gasteiger charge is -2.41. The molecule has 11 nitrogen and oxygen atoms in total. The summed E-state index contributed by atoms with van der Waals surface area (Å²) in [5.41, 5.74) is 0. The molecule has 1 heterocycles. The second kappa shape index (κ2) is 62.5. The molecule has 8 unspecified atom stereocenters. The SMILES string of the molecule is CC/C=C\C/C=C\C/C=C\C/C=C\C/C=C\C/C=C\CCCCCCCC(O)C(=O)NC(COC1OC(CO)C(O)C(O)C1OC(=O)CCCCCC/C=C\C/C=C\C/C=C\C/C=C\C/C=C\C/C=C\CC)C(O)/C=C/CCCCCCCCCCCC. The molecular formula is C77H125NO10. The predicted molar refractivity (Wildman–Crippen MR) is 370 cm³/mol. The first-order valence-corrected chi connectivity index (χ1v) is 34.8. The van der Waals surface area contributed by atoms with Gasteiger partial charge in [-0.2, -0.15) is 0 Å². The molecule has 1 amide bonds. The molecule has 498 valence electrons. The second-order valence-electron chi connectivity index (χ2n) is 23.1. The highest BCUT2D eigenvalue weighted by molar-refractivity contribution is 5.80. The average molecular weight is 1220 g/mol. The number of ether oxygens (including phenoxy) is 3. The van der Waals surface area contributed by atoms with Gasteiger partial charge in [0.2, 0.25) is 5.91 Å². The Labute approximate surface area is 536 Å². The normalized spacial score (nSPS) is 19.2. The number of aliphatic hydroxyl groups is 5. The number of carbonyl (C=O) groups is 2. The van der Waals surface area contributed by atoms with E-state index in [4.69, 9.17) is 14.2 Å². The summed E-state index contributed by atoms with van der Waals surface area (Å²) in [5, 5.41) is 57.2. The third-order valence-electron chi connectivity index (χ3n) is 15.2. The molecule has 1 aliphatic rings. The Balaban J connectivity index is 2.65. The lowest BCUT2D eigenvalue weighted by Crippen LogP contribution is -2.61. The summed E-state index contributed by atoms with van der Waals surface area (Å²) in [6.07, 6.45) is 81.2. The van der Waals surface area contributed by atoms with E-state index in [0.29, 0.717) is 12.8 Å². The Hall–Kier alpha value is -4.72. The van der Waals surface area contributed by atoms with Crippen molar-refractivity contribution in [3.8, 4) is 0 Å². The van der Waals surface area contributed by atoms with Crippen LogP contribution in [0.15, 0.2) is 158 Å². The van der Waals surface area contributed by atoms with Crippen molar-refractivity contribution in [3.63, 3.8) is 0 Å². The fourth-order valence-corrected chi connectivity index (χ4v) is 9.77. The molecule has 11 heteroatoms. The van der Waals surface area contributed by atoms with Gasteiger partial charge in [0, 0.05) is 6.42 Å². The molecule has 0 saturated carbocycles. The Morgan fingerprint density at radius 1 is 0.455 bits per heavy atom. The van der Waals surface area contributed by atoms with E-state index in [2.05, 4.69) is 172 Å². The number of aliphatic hydroxyl groups excluding tert-OH is 5. The van der Waals surface area contributed by atoms with Crippen molar-refractivity contribution in [2.45, 2.75) is 301 Å². The molecule has 0 radical (unpaired) electrons. The van der Waals surface area contributed by atoms with Crippen molar-refractivity contribution in [1.82, 2.24) is 5.32 Å². The third kappa shape index (κ3) is 49.1. The van der Waals surface area contributed by atoms with E-state index in [1.807, 2.05) is 6.08 Å². The molecule has 1 fully saturated rings. The quantitative estimate of drug-likeness (QED) is 0.0195. The van der Waals surface area contributed by atoms with Gasteiger partial charge in [-0.3, -0.25) is 9.59 Å². The van der Waals surface area contributed by atoms with Crippen LogP contribution in [0, 0.1) is 0 Å². The smallest absolute Gasteiger partial charge is 0.306 e. The Morgan fingerprint density at radius 2 is 0.818 bits per heavy atom. The van der Waals surface area contributed by atoms with E-state index in [1.54, 1.807) is 6.08 Å². The highest BCUT2D eigenvalue weighted by atomic mass is 16.7. The minimum absolute atomic E-state index is 0.0822. The maximum absolute atomic E-state index is 13.5. The summed E-state index contributed by atoms with van der Waals surface area (Å²) in [6, 6.07) is -1.05. The number of rotatable bonds is 57. The Morgan fingerprint density at radius 3 is 1.23 bits per heavy atom. The van der Waals surface area contributed by atoms with Crippen molar-refractivity contribution in [1.29, 1.82) is 0 Å². The summed E-state index contributed by atoms with van der Waals surface area (Å²) < 4.78 is 17.6. The summed E-state index contributed by atoms with van der Waals surface area (Å²) in [4.78, 5) is 26.7. The highest BCUT2D eigenvalue weighted by Crippen LogP contribution is 2.26. The third-order valence-corrected chi connectivity index (χ3v) is 15.2. The van der Waals surface area contributed by atoms with Crippen LogP contribution in [0.4, 0.5) is 0 Å². The van der Waals surface area contributed by atoms with Crippen LogP contribution in [0.1, 0.15) is 252 Å². The van der Waals surface area contributed by atoms with Gasteiger partial charge in [0.1, 0.15) is 24.4 Å². The number of amides is 1. The first kappa shape index (κ1) is 81.3. The van der Waals surface area contributed by atoms with E-state index in [0.717, 1.165) is 161 Å². The number of carbonyl (C=O) groups excluding carboxylic acids is 2. The number of allylic oxidation sites excluding steroid dienone is 25. The Bertz CT molecular complexity index is 2040. The molecule has 0 aromatic rings. The standard InChI is InChI=1S/C77H125NO10/c1-4-7-10-13-16-19-22-25-27-29-31-33-35-37-38-40-42-44-46-49-52-55-58-61-64-70(81)76(85)78-68(69(80)63-60-57-54-51-48-24-21-18-15-12-9-6-3)67-86-77-75(74(84)73(83)71(66-79)87-77)88-72(82)65-62-59-56-53-50-47-45-43-41-39-36-34-32-30-28-26-23-20-17-14-11-8-5-2/h7-8,10-11,16-17,19-20,25-28,31-34,37-39,41-42,44-45,47,60,63,68-71,73-75,77,79-81,83-84H,4-6,9,12-15,18,21-24,29-30,35-36,40,43,46,48-59,61-62,64-67H2,1-3H3,(H,78,85)/b10-7-,11-8-,19-16-,20-17-,27-25-,28-26-,33-31-,34-32-,38-37-,41-39-,44-42-,47-45-,63-60+. The van der Waals surface area contributed by atoms with E-state index in [9.17, 15) is 35.1 Å². The lowest BCUT2D eigenvalue weighted by molar-refractivity contribution is -0.305. The summed E-state index contributed by atoms with van der Waals surface area (Å²) in [7, 11) is 0. The minimum Gasteiger partial charge on any atom is -0.454 e. The topological polar surface area (TPSA) is 175 Å². The van der Waals surface area contributed by atoms with Gasteiger partial charge in [-0.1, -0.05) is 275 Å². The molecule has 1 saturated heterocycles. The molecule has 88 heavy (non-hydrogen) atoms. The minimum atomic E-state index is -1.64. The molecule has 1 rings (SSSR count). The molecule has 0 aromatic heterocycles. The fraction of sp³-hybridized carbons (Fsp3) is 0.636. The average Bonchev–Trinajstić information content (AvgIpc) is 3.72. The van der Waals surface area contributed by atoms with E-state index >= 15 is 0 Å². The van der Waals surface area contributed by atoms with Gasteiger partial charge in [0.25, 0.3) is 0 Å². The van der Waals surface area contributed by atoms with Crippen LogP contribution in [0.3, 0.4) is 0 Å². The first-order valence-electron chi connectivity index (χ1n) is 34.8. The van der Waals surface area contributed by atoms with Crippen LogP contribution in [0.25, 0.3) is 0 Å². The van der Waals surface area contributed by atoms with Crippen LogP contribution < -0.4 is 5.32 Å². The fourth-order valence-electron chi connectivity index (χ4n) is 9.77. The molecule has 8 atom stereocenters. The van der Waals surface area contributed by atoms with Crippen molar-refractivity contribution < 1.29 is 49.3 Å². The highest BCUT2D eigenvalue weighted by Gasteiger charge is 2.47. The summed E-state index contributed by atoms with van der Waals surface area (Å²) >= 11 is 0. The van der Waals surface area contributed by atoms with Crippen LogP contribution in [0.2, 0.25) is 0 Å². The number of esters is 1. The number of hydrogen-bond acceptors (Lipinski definition) is 10. The molecule has 6 N–H and O–H groups in total. The predicted octanol–water partition coefficient (Wildman–Crippen LogP) is 17.9. The van der Waals surface area contributed by atoms with Crippen molar-refractivity contribution >= 4 is 11.9 Å². The zero-order valence-electron chi connectivity index (χ0n) is 55.3. The van der Waals surface area contributed by atoms with E-state index in [-0.39, 0.29) is 19.4 Å². The zero-order chi connectivity index (χ0) is 63.9. The largest absolute Gasteiger partial charge is 0.454 e. The van der Waals surface area contributed by atoms with Gasteiger partial charge in [0.05, 0.1) is 25.4 Å². The van der Waals surface area contributed by atoms with Gasteiger partial charge in [0.15, 0.2) is 12.4 Å². The van der Waals surface area contributed by atoms with Crippen LogP contribution in [-0.4, -0.2) is 99.6 Å². The Kier molecular flexibility index (Phi) is 57.7. The van der Waals surface area contributed by atoms with Crippen LogP contribution in [0.5, 0.6) is 0 Å². The molecular weight excluding hydrogens is 1100 g/mol. The number of nitrogens with one attached hydrogen (secondary N) is 1. The maximum atomic E-state index is 13.5. The lowest BCUT2D eigenvalue weighted by atomic mass is 9.99. The maximum Gasteiger partial charge on any atom is 0.306 e. The zero-order valence-corrected chi connectivity index (χ0v) is 55.3. The number of hydrogen-bond donors (Lipinski definition) is 6. The van der Waals surface area contributed by atoms with E-state index in [1.165, 1.54) is 44.9 Å². The summed E-state index contributed by atoms with van der Waals surface area (Å²) in [6.45, 7) is 5.53. The van der Waals surface area contributed by atoms with Gasteiger partial charge >= 0.3 is 5.97 Å². The molecule has 0 aromatic carbocycles. The van der Waals surface area contributed by atoms with Crippen LogP contribution >= 0.6 is 0 Å². The van der Waals surface area contributed by atoms with Crippen LogP contribution in [-0.2, 0) is 23.8 Å².